The molecule has 18 nitrogen and oxygen atoms in total. The van der Waals surface area contributed by atoms with Gasteiger partial charge in [0, 0.05) is 40.7 Å². The maximum atomic E-state index is 12.6. The van der Waals surface area contributed by atoms with Gasteiger partial charge in [0.15, 0.2) is 0 Å². The van der Waals surface area contributed by atoms with Crippen LogP contribution in [-0.2, 0) is 19.5 Å². The van der Waals surface area contributed by atoms with E-state index < -0.39 is 15.0 Å². The van der Waals surface area contributed by atoms with Crippen molar-refractivity contribution in [3.63, 3.8) is 0 Å². The number of anilines is 8. The van der Waals surface area contributed by atoms with Gasteiger partial charge in [0.2, 0.25) is 34.4 Å². The summed E-state index contributed by atoms with van der Waals surface area (Å²) in [4.78, 5) is 28.8. The largest absolute Gasteiger partial charge is 0.395 e. The van der Waals surface area contributed by atoms with Crippen LogP contribution in [0.4, 0.5) is 46.5 Å². The minimum atomic E-state index is -4.77. The smallest absolute Gasteiger partial charge is 0.295 e. The number of hydrogen-bond donors (Lipinski definition) is 6. The molecule has 0 atom stereocenters. The Kier molecular flexibility index (Phi) is 14.3. The zero-order valence-electron chi connectivity index (χ0n) is 29.8. The average molecular weight is 868 g/mol. The number of halogens is 2. The molecule has 300 valence electrons. The lowest BCUT2D eigenvalue weighted by atomic mass is 10.1. The monoisotopic (exact) mass is 866 g/mol. The molecule has 0 radical (unpaired) electrons. The molecule has 0 fully saturated rings. The first-order valence-corrected chi connectivity index (χ1v) is 19.8. The van der Waals surface area contributed by atoms with Crippen LogP contribution in [0, 0.1) is 0 Å². The summed E-state index contributed by atoms with van der Waals surface area (Å²) in [5, 5.41) is 37.8. The van der Waals surface area contributed by atoms with E-state index in [0.29, 0.717) is 33.9 Å². The normalized spacial score (nSPS) is 11.5. The molecule has 6 N–H and O–H groups in total. The van der Waals surface area contributed by atoms with E-state index in [2.05, 4.69) is 45.6 Å². The van der Waals surface area contributed by atoms with Crippen LogP contribution < -0.4 is 20.4 Å². The molecule has 0 unspecified atom stereocenters. The van der Waals surface area contributed by atoms with Gasteiger partial charge in [0.05, 0.1) is 25.3 Å². The van der Waals surface area contributed by atoms with Crippen molar-refractivity contribution in [2.45, 2.75) is 9.79 Å². The Bertz CT molecular complexity index is 2480. The molecule has 0 aliphatic carbocycles. The second-order valence-corrected chi connectivity index (χ2v) is 14.5. The van der Waals surface area contributed by atoms with E-state index in [9.17, 15) is 23.2 Å². The maximum absolute atomic E-state index is 12.6. The number of benzene rings is 4. The molecule has 2 aromatic heterocycles. The lowest BCUT2D eigenvalue weighted by Crippen LogP contribution is -2.24. The fraction of sp³-hybridized carbons (Fsp3) is 0.111. The number of nitrogens with zero attached hydrogens (tertiary/aromatic N) is 8. The van der Waals surface area contributed by atoms with Crippen molar-refractivity contribution in [3.8, 4) is 0 Å². The zero-order chi connectivity index (χ0) is 41.1. The molecule has 0 aliphatic heterocycles. The number of aliphatic hydroxyl groups is 2. The summed E-state index contributed by atoms with van der Waals surface area (Å²) in [5.41, 5.74) is 2.62. The second-order valence-electron chi connectivity index (χ2n) is 11.7. The molecule has 6 rings (SSSR count). The van der Waals surface area contributed by atoms with Crippen molar-refractivity contribution in [1.29, 1.82) is 0 Å². The van der Waals surface area contributed by atoms with Crippen LogP contribution in [0.25, 0.3) is 12.2 Å². The molecular weight excluding hydrogens is 835 g/mol. The van der Waals surface area contributed by atoms with Crippen molar-refractivity contribution >= 4 is 104 Å². The molecule has 22 heteroatoms. The van der Waals surface area contributed by atoms with E-state index in [1.165, 1.54) is 24.3 Å². The number of aromatic nitrogens is 6. The van der Waals surface area contributed by atoms with Gasteiger partial charge in [-0.1, -0.05) is 65.7 Å². The number of nitrogens with one attached hydrogen (secondary N) is 2. The molecular formula is C36H32Cl2N10O8S2. The van der Waals surface area contributed by atoms with Gasteiger partial charge in [-0.3, -0.25) is 4.55 Å². The first-order valence-electron chi connectivity index (χ1n) is 16.9. The maximum Gasteiger partial charge on any atom is 0.295 e. The topological polar surface area (TPSA) is 241 Å². The predicted octanol–water partition coefficient (Wildman–Crippen LogP) is 6.96. The van der Waals surface area contributed by atoms with Crippen molar-refractivity contribution in [2.24, 2.45) is 0 Å². The van der Waals surface area contributed by atoms with Gasteiger partial charge in [-0.05, 0) is 82.9 Å². The van der Waals surface area contributed by atoms with Crippen molar-refractivity contribution in [2.75, 3.05) is 46.7 Å². The van der Waals surface area contributed by atoms with Gasteiger partial charge in [0.1, 0.15) is 4.90 Å². The van der Waals surface area contributed by atoms with Crippen LogP contribution in [0.5, 0.6) is 0 Å². The van der Waals surface area contributed by atoms with Crippen LogP contribution in [0.2, 0.25) is 10.6 Å². The third-order valence-electron chi connectivity index (χ3n) is 7.87. The van der Waals surface area contributed by atoms with Crippen LogP contribution in [-0.4, -0.2) is 84.6 Å². The van der Waals surface area contributed by atoms with E-state index in [1.54, 1.807) is 46.2 Å². The molecule has 0 amide bonds. The number of hydrogen-bond acceptors (Lipinski definition) is 18. The Morgan fingerprint density at radius 3 is 1.64 bits per heavy atom. The lowest BCUT2D eigenvalue weighted by molar-refractivity contribution is -0.432. The highest BCUT2D eigenvalue weighted by Crippen LogP contribution is 2.32. The Labute approximate surface area is 345 Å². The Morgan fingerprint density at radius 2 is 1.16 bits per heavy atom. The summed E-state index contributed by atoms with van der Waals surface area (Å²) in [7, 11) is -4.77. The molecule has 0 saturated heterocycles. The van der Waals surface area contributed by atoms with Crippen molar-refractivity contribution in [1.82, 2.24) is 29.9 Å². The third-order valence-corrected chi connectivity index (χ3v) is 9.78. The summed E-state index contributed by atoms with van der Waals surface area (Å²) in [6.45, 7) is -0.0771. The molecule has 58 heavy (non-hydrogen) atoms. The number of aliphatic hydroxyl groups excluding tert-OH is 2. The van der Waals surface area contributed by atoms with Crippen LogP contribution in [0.1, 0.15) is 11.1 Å². The summed E-state index contributed by atoms with van der Waals surface area (Å²) in [6, 6.07) is 27.3. The van der Waals surface area contributed by atoms with Crippen molar-refractivity contribution in [3.05, 3.63) is 119 Å². The molecule has 4 aromatic carbocycles. The van der Waals surface area contributed by atoms with Gasteiger partial charge in [-0.15, -0.1) is 4.33 Å². The van der Waals surface area contributed by atoms with Crippen LogP contribution >= 0.6 is 35.2 Å². The van der Waals surface area contributed by atoms with Gasteiger partial charge >= 0.3 is 0 Å². The molecule has 0 bridgehead atoms. The standard InChI is InChI=1S/C36H32Cl2N10O8S2/c37-31-41-33(45-35(43-31)47(17-19-49)27-7-3-1-4-8-27)39-25-15-13-23(29(21-25)57-56-55-51)11-12-24-14-16-26(22-30(24)58(52,53)54)40-34-42-32(38)44-36(46-34)48(18-20-50)28-9-5-2-6-10-28/h1-16,21-22,49-51H,17-20H2,(H,52,53,54)(H,39,41,43,45)(H,40,42,44,46). The average Bonchev–Trinajstić information content (AvgIpc) is 3.21. The highest BCUT2D eigenvalue weighted by atomic mass is 35.5. The first-order chi connectivity index (χ1) is 28.0. The summed E-state index contributed by atoms with van der Waals surface area (Å²) < 4.78 is 40.2. The van der Waals surface area contributed by atoms with Gasteiger partial charge in [-0.25, -0.2) is 5.26 Å². The SMILES string of the molecule is O=S(=O)(O)c1cc(Nc2nc(Cl)nc(N(CCO)c3ccccc3)n2)ccc1C=Cc1ccc(Nc2nc(Cl)nc(N(CCO)c3ccccc3)n2)cc1SOOO. The fourth-order valence-corrected chi connectivity index (χ4v) is 6.95. The molecule has 0 saturated carbocycles. The molecule has 2 heterocycles. The van der Waals surface area contributed by atoms with E-state index in [0.717, 1.165) is 5.69 Å². The minimum absolute atomic E-state index is 0.0331. The first kappa shape index (κ1) is 42.1. The van der Waals surface area contributed by atoms with Gasteiger partial charge in [-0.2, -0.15) is 38.3 Å². The Morgan fingerprint density at radius 1 is 0.672 bits per heavy atom. The summed E-state index contributed by atoms with van der Waals surface area (Å²) >= 11 is 13.1. The number of rotatable bonds is 18. The van der Waals surface area contributed by atoms with Gasteiger partial charge < -0.3 is 30.6 Å². The highest BCUT2D eigenvalue weighted by Gasteiger charge is 2.19. The number of para-hydroxylation sites is 2. The second kappa shape index (κ2) is 19.8. The minimum Gasteiger partial charge on any atom is -0.395 e. The lowest BCUT2D eigenvalue weighted by Gasteiger charge is -2.22. The third kappa shape index (κ3) is 11.1. The Hall–Kier alpha value is -5.52. The zero-order valence-corrected chi connectivity index (χ0v) is 32.9. The highest BCUT2D eigenvalue weighted by molar-refractivity contribution is 7.94. The van der Waals surface area contributed by atoms with E-state index >= 15 is 0 Å². The van der Waals surface area contributed by atoms with Crippen LogP contribution in [0.3, 0.4) is 0 Å². The Balaban J connectivity index is 1.26. The molecule has 6 aromatic rings. The molecule has 0 spiro atoms. The van der Waals surface area contributed by atoms with Crippen molar-refractivity contribution < 1.29 is 37.8 Å². The van der Waals surface area contributed by atoms with E-state index in [-0.39, 0.29) is 71.9 Å². The predicted molar refractivity (Wildman–Crippen MR) is 220 cm³/mol. The van der Waals surface area contributed by atoms with E-state index in [4.69, 9.17) is 32.8 Å². The summed E-state index contributed by atoms with van der Waals surface area (Å²) in [6.07, 6.45) is 2.99. The molecule has 0 aliphatic rings. The summed E-state index contributed by atoms with van der Waals surface area (Å²) in [5.74, 6) is 0.347. The van der Waals surface area contributed by atoms with Gasteiger partial charge in [0.25, 0.3) is 10.1 Å². The quantitative estimate of drug-likeness (QED) is 0.0168. The fourth-order valence-electron chi connectivity index (χ4n) is 5.42. The van der Waals surface area contributed by atoms with Crippen LogP contribution in [0.15, 0.2) is 107 Å². The van der Waals surface area contributed by atoms with E-state index in [1.807, 2.05) is 48.5 Å².